The largest absolute Gasteiger partial charge is 0.298 e. The number of nitrogens with zero attached hydrogens (tertiary/aromatic N) is 2. The number of rotatable bonds is 2. The summed E-state index contributed by atoms with van der Waals surface area (Å²) in [6.07, 6.45) is -0.209. The molecule has 0 saturated carbocycles. The van der Waals surface area contributed by atoms with Crippen LogP contribution in [0.25, 0.3) is 0 Å². The molecule has 1 saturated heterocycles. The minimum absolute atomic E-state index is 0.124. The maximum atomic E-state index is 11.6. The Kier molecular flexibility index (Phi) is 3.49. The normalized spacial score (nSPS) is 15.3. The van der Waals surface area contributed by atoms with Crippen LogP contribution in [0.3, 0.4) is 0 Å². The third kappa shape index (κ3) is 2.30. The van der Waals surface area contributed by atoms with Gasteiger partial charge in [0.15, 0.2) is 5.78 Å². The van der Waals surface area contributed by atoms with Crippen LogP contribution in [0.5, 0.6) is 0 Å². The van der Waals surface area contributed by atoms with Crippen molar-refractivity contribution in [2.24, 2.45) is 0 Å². The lowest BCUT2D eigenvalue weighted by molar-refractivity contribution is -0.384. The Hall–Kier alpha value is -1.28. The van der Waals surface area contributed by atoms with Crippen molar-refractivity contribution in [2.45, 2.75) is 6.42 Å². The quantitative estimate of drug-likeness (QED) is 0.450. The number of nitro benzene ring substituents is 1. The van der Waals surface area contributed by atoms with Gasteiger partial charge in [-0.15, -0.1) is 0 Å². The lowest BCUT2D eigenvalue weighted by atomic mass is 10.2. The van der Waals surface area contributed by atoms with Gasteiger partial charge in [0.2, 0.25) is 5.91 Å². The molecule has 1 heterocycles. The Balaban J connectivity index is 2.59. The highest BCUT2D eigenvalue weighted by Gasteiger charge is 2.34. The topological polar surface area (TPSA) is 80.5 Å². The molecule has 0 aromatic heterocycles. The minimum atomic E-state index is -0.582. The van der Waals surface area contributed by atoms with Gasteiger partial charge >= 0.3 is 0 Å². The summed E-state index contributed by atoms with van der Waals surface area (Å²) >= 11 is 6.33. The van der Waals surface area contributed by atoms with Crippen molar-refractivity contribution in [1.82, 2.24) is 0 Å². The van der Waals surface area contributed by atoms with Gasteiger partial charge in [-0.1, -0.05) is 15.9 Å². The SMILES string of the molecule is O=C1CC(=O)N(c2c(Br)cc(Br)cc2[N+](=O)[O-])C1. The number of carbonyl (C=O) groups is 2. The summed E-state index contributed by atoms with van der Waals surface area (Å²) in [4.78, 5) is 34.5. The van der Waals surface area contributed by atoms with E-state index in [9.17, 15) is 19.7 Å². The van der Waals surface area contributed by atoms with Gasteiger partial charge in [-0.2, -0.15) is 0 Å². The van der Waals surface area contributed by atoms with E-state index < -0.39 is 10.8 Å². The highest BCUT2D eigenvalue weighted by molar-refractivity contribution is 9.11. The first kappa shape index (κ1) is 13.2. The Morgan fingerprint density at radius 2 is 1.94 bits per heavy atom. The average molecular weight is 378 g/mol. The molecule has 8 heteroatoms. The van der Waals surface area contributed by atoms with Crippen LogP contribution in [0.15, 0.2) is 21.1 Å². The standard InChI is InChI=1S/C10H6Br2N2O4/c11-5-1-7(12)10(8(2-5)14(17)18)13-4-6(15)3-9(13)16/h1-2H,3-4H2. The van der Waals surface area contributed by atoms with Crippen molar-refractivity contribution in [2.75, 3.05) is 11.4 Å². The van der Waals surface area contributed by atoms with Crippen LogP contribution in [0.1, 0.15) is 6.42 Å². The Morgan fingerprint density at radius 3 is 2.44 bits per heavy atom. The van der Waals surface area contributed by atoms with E-state index in [1.54, 1.807) is 6.07 Å². The van der Waals surface area contributed by atoms with Crippen LogP contribution in [-0.4, -0.2) is 23.2 Å². The van der Waals surface area contributed by atoms with Gasteiger partial charge < -0.3 is 0 Å². The van der Waals surface area contributed by atoms with Crippen LogP contribution in [-0.2, 0) is 9.59 Å². The maximum Gasteiger partial charge on any atom is 0.295 e. The molecule has 2 rings (SSSR count). The average Bonchev–Trinajstić information content (AvgIpc) is 2.56. The van der Waals surface area contributed by atoms with Crippen molar-refractivity contribution >= 4 is 54.9 Å². The number of Topliss-reactive ketones (excluding diaryl/α,β-unsaturated/α-hetero) is 1. The molecule has 1 fully saturated rings. The second-order valence-electron chi connectivity index (χ2n) is 3.71. The molecule has 1 aliphatic rings. The van der Waals surface area contributed by atoms with E-state index in [4.69, 9.17) is 0 Å². The number of hydrogen-bond acceptors (Lipinski definition) is 4. The molecule has 0 bridgehead atoms. The third-order valence-corrected chi connectivity index (χ3v) is 3.52. The number of halogens is 2. The number of hydrogen-bond donors (Lipinski definition) is 0. The summed E-state index contributed by atoms with van der Waals surface area (Å²) in [5, 5.41) is 11.0. The fourth-order valence-corrected chi connectivity index (χ4v) is 3.16. The predicted molar refractivity (Wildman–Crippen MR) is 70.5 cm³/mol. The molecule has 1 amide bonds. The van der Waals surface area contributed by atoms with Crippen LogP contribution < -0.4 is 4.90 Å². The molecule has 0 N–H and O–H groups in total. The highest BCUT2D eigenvalue weighted by atomic mass is 79.9. The molecule has 6 nitrogen and oxygen atoms in total. The molecule has 18 heavy (non-hydrogen) atoms. The monoisotopic (exact) mass is 376 g/mol. The van der Waals surface area contributed by atoms with E-state index in [1.165, 1.54) is 6.07 Å². The van der Waals surface area contributed by atoms with Gasteiger partial charge in [0, 0.05) is 15.0 Å². The second-order valence-corrected chi connectivity index (χ2v) is 5.48. The zero-order valence-corrected chi connectivity index (χ0v) is 12.0. The Bertz CT molecular complexity index is 573. The van der Waals surface area contributed by atoms with E-state index in [0.717, 1.165) is 4.90 Å². The maximum absolute atomic E-state index is 11.6. The molecule has 0 spiro atoms. The van der Waals surface area contributed by atoms with Gasteiger partial charge in [0.05, 0.1) is 17.9 Å². The molecule has 1 aromatic carbocycles. The van der Waals surface area contributed by atoms with Gasteiger partial charge in [-0.3, -0.25) is 24.6 Å². The van der Waals surface area contributed by atoms with Crippen molar-refractivity contribution in [3.05, 3.63) is 31.2 Å². The molecule has 0 aliphatic carbocycles. The van der Waals surface area contributed by atoms with E-state index >= 15 is 0 Å². The van der Waals surface area contributed by atoms with E-state index in [2.05, 4.69) is 31.9 Å². The van der Waals surface area contributed by atoms with Gasteiger partial charge in [-0.05, 0) is 22.0 Å². The van der Waals surface area contributed by atoms with E-state index in [0.29, 0.717) is 8.95 Å². The molecule has 1 aliphatic heterocycles. The van der Waals surface area contributed by atoms with Crippen molar-refractivity contribution in [1.29, 1.82) is 0 Å². The van der Waals surface area contributed by atoms with Crippen molar-refractivity contribution < 1.29 is 14.5 Å². The first-order valence-electron chi connectivity index (χ1n) is 4.85. The highest BCUT2D eigenvalue weighted by Crippen LogP contribution is 2.39. The molecule has 94 valence electrons. The lowest BCUT2D eigenvalue weighted by Gasteiger charge is -2.16. The van der Waals surface area contributed by atoms with E-state index in [1.807, 2.05) is 0 Å². The molecule has 0 radical (unpaired) electrons. The number of ketones is 1. The van der Waals surface area contributed by atoms with Crippen LogP contribution >= 0.6 is 31.9 Å². The first-order valence-corrected chi connectivity index (χ1v) is 6.44. The van der Waals surface area contributed by atoms with Crippen LogP contribution in [0, 0.1) is 10.1 Å². The molecule has 0 atom stereocenters. The van der Waals surface area contributed by atoms with E-state index in [-0.39, 0.29) is 30.1 Å². The summed E-state index contributed by atoms with van der Waals surface area (Å²) in [5.74, 6) is -0.671. The first-order chi connectivity index (χ1) is 8.40. The van der Waals surface area contributed by atoms with Gasteiger partial charge in [-0.25, -0.2) is 0 Å². The number of nitro groups is 1. The Morgan fingerprint density at radius 1 is 1.28 bits per heavy atom. The summed E-state index contributed by atoms with van der Waals surface area (Å²) in [6.45, 7) is -0.125. The number of benzene rings is 1. The summed E-state index contributed by atoms with van der Waals surface area (Å²) in [6, 6.07) is 2.90. The fourth-order valence-electron chi connectivity index (χ4n) is 1.75. The smallest absolute Gasteiger partial charge is 0.295 e. The molecular weight excluding hydrogens is 372 g/mol. The van der Waals surface area contributed by atoms with Crippen LogP contribution in [0.2, 0.25) is 0 Å². The summed E-state index contributed by atoms with van der Waals surface area (Å²) < 4.78 is 0.912. The number of anilines is 1. The second kappa shape index (κ2) is 4.77. The van der Waals surface area contributed by atoms with Crippen molar-refractivity contribution in [3.8, 4) is 0 Å². The minimum Gasteiger partial charge on any atom is -0.298 e. The molecule has 0 unspecified atom stereocenters. The van der Waals surface area contributed by atoms with Crippen molar-refractivity contribution in [3.63, 3.8) is 0 Å². The Labute approximate surface area is 118 Å². The summed E-state index contributed by atoms with van der Waals surface area (Å²) in [7, 11) is 0. The van der Waals surface area contributed by atoms with Crippen LogP contribution in [0.4, 0.5) is 11.4 Å². The fraction of sp³-hybridized carbons (Fsp3) is 0.200. The lowest BCUT2D eigenvalue weighted by Crippen LogP contribution is -2.25. The third-order valence-electron chi connectivity index (χ3n) is 2.46. The zero-order valence-electron chi connectivity index (χ0n) is 8.85. The molecular formula is C10H6Br2N2O4. The molecule has 1 aromatic rings. The van der Waals surface area contributed by atoms with Gasteiger partial charge in [0.25, 0.3) is 5.69 Å². The predicted octanol–water partition coefficient (Wildman–Crippen LogP) is 2.43. The number of carbonyl (C=O) groups excluding carboxylic acids is 2. The zero-order chi connectivity index (χ0) is 13.4. The van der Waals surface area contributed by atoms with Gasteiger partial charge in [0.1, 0.15) is 5.69 Å². The number of amides is 1. The summed E-state index contributed by atoms with van der Waals surface area (Å²) in [5.41, 5.74) is -0.0987.